The maximum atomic E-state index is 12.0. The van der Waals surface area contributed by atoms with Crippen LogP contribution >= 0.6 is 15.9 Å². The number of nitrogens with one attached hydrogen (secondary N) is 2. The molecule has 4 heteroatoms. The van der Waals surface area contributed by atoms with E-state index in [2.05, 4.69) is 26.6 Å². The fourth-order valence-corrected chi connectivity index (χ4v) is 2.31. The van der Waals surface area contributed by atoms with Gasteiger partial charge < -0.3 is 10.6 Å². The molecule has 0 unspecified atom stereocenters. The number of aryl methyl sites for hydroxylation is 1. The van der Waals surface area contributed by atoms with Gasteiger partial charge in [0.05, 0.1) is 5.56 Å². The number of hydrogen-bond acceptors (Lipinski definition) is 2. The SMILES string of the molecule is Cc1cccc(C(=O)N[C@@H]2CCNC2)c1Br. The van der Waals surface area contributed by atoms with Crippen LogP contribution in [0.4, 0.5) is 0 Å². The van der Waals surface area contributed by atoms with Gasteiger partial charge in [-0.15, -0.1) is 0 Å². The minimum Gasteiger partial charge on any atom is -0.348 e. The van der Waals surface area contributed by atoms with Gasteiger partial charge in [-0.05, 0) is 47.4 Å². The lowest BCUT2D eigenvalue weighted by Gasteiger charge is -2.12. The second-order valence-electron chi connectivity index (χ2n) is 4.10. The van der Waals surface area contributed by atoms with Crippen molar-refractivity contribution in [2.24, 2.45) is 0 Å². The van der Waals surface area contributed by atoms with Crippen LogP contribution < -0.4 is 10.6 Å². The summed E-state index contributed by atoms with van der Waals surface area (Å²) in [5, 5.41) is 6.26. The minimum absolute atomic E-state index is 0.00396. The number of amides is 1. The van der Waals surface area contributed by atoms with E-state index >= 15 is 0 Å². The van der Waals surface area contributed by atoms with E-state index in [1.54, 1.807) is 0 Å². The molecular weight excluding hydrogens is 268 g/mol. The molecule has 1 aromatic rings. The van der Waals surface area contributed by atoms with Crippen LogP contribution in [0.2, 0.25) is 0 Å². The molecule has 86 valence electrons. The number of rotatable bonds is 2. The number of hydrogen-bond donors (Lipinski definition) is 2. The zero-order valence-corrected chi connectivity index (χ0v) is 10.8. The third kappa shape index (κ3) is 2.44. The summed E-state index contributed by atoms with van der Waals surface area (Å²) < 4.78 is 0.887. The van der Waals surface area contributed by atoms with E-state index in [4.69, 9.17) is 0 Å². The van der Waals surface area contributed by atoms with Crippen molar-refractivity contribution in [2.75, 3.05) is 13.1 Å². The van der Waals surface area contributed by atoms with Gasteiger partial charge in [0.2, 0.25) is 0 Å². The van der Waals surface area contributed by atoms with Crippen LogP contribution in [-0.2, 0) is 0 Å². The molecule has 1 fully saturated rings. The summed E-state index contributed by atoms with van der Waals surface area (Å²) in [5.74, 6) is 0.00396. The quantitative estimate of drug-likeness (QED) is 0.869. The molecule has 1 aliphatic heterocycles. The Hall–Kier alpha value is -0.870. The maximum Gasteiger partial charge on any atom is 0.252 e. The molecule has 1 amide bonds. The van der Waals surface area contributed by atoms with Crippen LogP contribution in [-0.4, -0.2) is 25.0 Å². The predicted molar refractivity (Wildman–Crippen MR) is 67.6 cm³/mol. The van der Waals surface area contributed by atoms with E-state index in [0.29, 0.717) is 5.56 Å². The Labute approximate surface area is 104 Å². The summed E-state index contributed by atoms with van der Waals surface area (Å²) in [6, 6.07) is 5.99. The highest BCUT2D eigenvalue weighted by atomic mass is 79.9. The molecule has 0 aromatic heterocycles. The van der Waals surface area contributed by atoms with Gasteiger partial charge in [-0.3, -0.25) is 4.79 Å². The lowest BCUT2D eigenvalue weighted by Crippen LogP contribution is -2.36. The van der Waals surface area contributed by atoms with Crippen molar-refractivity contribution in [3.05, 3.63) is 33.8 Å². The van der Waals surface area contributed by atoms with E-state index < -0.39 is 0 Å². The first-order valence-electron chi connectivity index (χ1n) is 5.45. The summed E-state index contributed by atoms with van der Waals surface area (Å²) in [6.07, 6.45) is 1.01. The van der Waals surface area contributed by atoms with Gasteiger partial charge >= 0.3 is 0 Å². The normalized spacial score (nSPS) is 19.8. The van der Waals surface area contributed by atoms with Gasteiger partial charge in [-0.25, -0.2) is 0 Å². The Kier molecular flexibility index (Phi) is 3.61. The molecule has 1 aromatic carbocycles. The molecule has 2 rings (SSSR count). The Balaban J connectivity index is 2.11. The molecular formula is C12H15BrN2O. The van der Waals surface area contributed by atoms with Crippen molar-refractivity contribution in [1.82, 2.24) is 10.6 Å². The van der Waals surface area contributed by atoms with Gasteiger partial charge in [0.1, 0.15) is 0 Å². The number of benzene rings is 1. The molecule has 2 N–H and O–H groups in total. The third-order valence-corrected chi connectivity index (χ3v) is 3.88. The highest BCUT2D eigenvalue weighted by Gasteiger charge is 2.19. The van der Waals surface area contributed by atoms with Gasteiger partial charge in [-0.2, -0.15) is 0 Å². The van der Waals surface area contributed by atoms with Crippen LogP contribution in [0.15, 0.2) is 22.7 Å². The highest BCUT2D eigenvalue weighted by molar-refractivity contribution is 9.10. The standard InChI is InChI=1S/C12H15BrN2O/c1-8-3-2-4-10(11(8)13)12(16)15-9-5-6-14-7-9/h2-4,9,14H,5-7H2,1H3,(H,15,16)/t9-/m1/s1. The minimum atomic E-state index is 0.00396. The first-order valence-corrected chi connectivity index (χ1v) is 6.24. The van der Waals surface area contributed by atoms with Crippen LogP contribution in [0.3, 0.4) is 0 Å². The second kappa shape index (κ2) is 4.97. The van der Waals surface area contributed by atoms with Crippen molar-refractivity contribution in [3.8, 4) is 0 Å². The molecule has 0 radical (unpaired) electrons. The lowest BCUT2D eigenvalue weighted by atomic mass is 10.1. The smallest absolute Gasteiger partial charge is 0.252 e. The highest BCUT2D eigenvalue weighted by Crippen LogP contribution is 2.21. The average Bonchev–Trinajstić information content (AvgIpc) is 2.74. The van der Waals surface area contributed by atoms with Crippen LogP contribution in [0.1, 0.15) is 22.3 Å². The molecule has 1 aliphatic rings. The van der Waals surface area contributed by atoms with E-state index in [-0.39, 0.29) is 11.9 Å². The Morgan fingerprint density at radius 2 is 2.38 bits per heavy atom. The third-order valence-electron chi connectivity index (χ3n) is 2.83. The Morgan fingerprint density at radius 3 is 3.06 bits per heavy atom. The topological polar surface area (TPSA) is 41.1 Å². The maximum absolute atomic E-state index is 12.0. The molecule has 0 spiro atoms. The molecule has 1 atom stereocenters. The fourth-order valence-electron chi connectivity index (χ4n) is 1.86. The summed E-state index contributed by atoms with van der Waals surface area (Å²) in [4.78, 5) is 12.0. The van der Waals surface area contributed by atoms with Crippen LogP contribution in [0.25, 0.3) is 0 Å². The van der Waals surface area contributed by atoms with Crippen molar-refractivity contribution in [1.29, 1.82) is 0 Å². The summed E-state index contributed by atoms with van der Waals surface area (Å²) in [6.45, 7) is 3.84. The van der Waals surface area contributed by atoms with Gasteiger partial charge in [-0.1, -0.05) is 12.1 Å². The van der Waals surface area contributed by atoms with E-state index in [1.807, 2.05) is 25.1 Å². The molecule has 0 saturated carbocycles. The van der Waals surface area contributed by atoms with Crippen molar-refractivity contribution >= 4 is 21.8 Å². The van der Waals surface area contributed by atoms with Gasteiger partial charge in [0, 0.05) is 17.1 Å². The second-order valence-corrected chi connectivity index (χ2v) is 4.89. The molecule has 1 heterocycles. The Bertz CT molecular complexity index is 400. The molecule has 1 saturated heterocycles. The lowest BCUT2D eigenvalue weighted by molar-refractivity contribution is 0.0939. The summed E-state index contributed by atoms with van der Waals surface area (Å²) >= 11 is 3.45. The van der Waals surface area contributed by atoms with Crippen molar-refractivity contribution in [3.63, 3.8) is 0 Å². The molecule has 0 aliphatic carbocycles. The predicted octanol–water partition coefficient (Wildman–Crippen LogP) is 1.85. The van der Waals surface area contributed by atoms with Crippen molar-refractivity contribution in [2.45, 2.75) is 19.4 Å². The first-order chi connectivity index (χ1) is 7.68. The zero-order chi connectivity index (χ0) is 11.5. The zero-order valence-electron chi connectivity index (χ0n) is 9.22. The summed E-state index contributed by atoms with van der Waals surface area (Å²) in [5.41, 5.74) is 1.80. The van der Waals surface area contributed by atoms with E-state index in [1.165, 1.54) is 0 Å². The van der Waals surface area contributed by atoms with E-state index in [0.717, 1.165) is 29.5 Å². The molecule has 0 bridgehead atoms. The molecule has 3 nitrogen and oxygen atoms in total. The summed E-state index contributed by atoms with van der Waals surface area (Å²) in [7, 11) is 0. The average molecular weight is 283 g/mol. The van der Waals surface area contributed by atoms with Crippen LogP contribution in [0.5, 0.6) is 0 Å². The largest absolute Gasteiger partial charge is 0.348 e. The number of halogens is 1. The van der Waals surface area contributed by atoms with Crippen molar-refractivity contribution < 1.29 is 4.79 Å². The molecule has 16 heavy (non-hydrogen) atoms. The van der Waals surface area contributed by atoms with E-state index in [9.17, 15) is 4.79 Å². The number of carbonyl (C=O) groups excluding carboxylic acids is 1. The Morgan fingerprint density at radius 1 is 1.56 bits per heavy atom. The monoisotopic (exact) mass is 282 g/mol. The first kappa shape index (κ1) is 11.6. The van der Waals surface area contributed by atoms with Crippen LogP contribution in [0, 0.1) is 6.92 Å². The number of carbonyl (C=O) groups is 1. The fraction of sp³-hybridized carbons (Fsp3) is 0.417. The van der Waals surface area contributed by atoms with Gasteiger partial charge in [0.15, 0.2) is 0 Å². The van der Waals surface area contributed by atoms with Gasteiger partial charge in [0.25, 0.3) is 5.91 Å².